The Morgan fingerprint density at radius 2 is 2.07 bits per heavy atom. The van der Waals surface area contributed by atoms with E-state index in [0.29, 0.717) is 12.3 Å². The Labute approximate surface area is 165 Å². The zero-order valence-electron chi connectivity index (χ0n) is 15.8. The summed E-state index contributed by atoms with van der Waals surface area (Å²) >= 11 is 0. The van der Waals surface area contributed by atoms with Crippen LogP contribution in [0.3, 0.4) is 0 Å². The molecule has 11 heteroatoms. The zero-order valence-corrected chi connectivity index (χ0v) is 15.8. The lowest BCUT2D eigenvalue weighted by atomic mass is 10.2. The zero-order chi connectivity index (χ0) is 21.0. The molecule has 0 aliphatic heterocycles. The van der Waals surface area contributed by atoms with Gasteiger partial charge >= 0.3 is 5.97 Å². The van der Waals surface area contributed by atoms with E-state index in [2.05, 4.69) is 20.8 Å². The van der Waals surface area contributed by atoms with Crippen molar-refractivity contribution >= 4 is 23.5 Å². The number of nitrogens with one attached hydrogen (secondary N) is 2. The Bertz CT molecular complexity index is 1020. The van der Waals surface area contributed by atoms with E-state index < -0.39 is 23.8 Å². The highest BCUT2D eigenvalue weighted by Crippen LogP contribution is 2.18. The van der Waals surface area contributed by atoms with Crippen molar-refractivity contribution in [2.24, 2.45) is 0 Å². The van der Waals surface area contributed by atoms with Gasteiger partial charge in [-0.25, -0.2) is 4.79 Å². The lowest BCUT2D eigenvalue weighted by Gasteiger charge is -2.13. The van der Waals surface area contributed by atoms with Crippen LogP contribution in [0.15, 0.2) is 41.4 Å². The molecule has 0 fully saturated rings. The Morgan fingerprint density at radius 1 is 1.28 bits per heavy atom. The van der Waals surface area contributed by atoms with Gasteiger partial charge in [0.05, 0.1) is 36.5 Å². The van der Waals surface area contributed by atoms with Crippen LogP contribution in [0.4, 0.5) is 5.69 Å². The van der Waals surface area contributed by atoms with Crippen LogP contribution in [-0.4, -0.2) is 42.5 Å². The number of hydrogen-bond acceptors (Lipinski definition) is 6. The third kappa shape index (κ3) is 4.34. The highest BCUT2D eigenvalue weighted by atomic mass is 16.4. The molecule has 0 aliphatic rings. The lowest BCUT2D eigenvalue weighted by molar-refractivity contribution is -0.119. The molecule has 0 aromatic carbocycles. The molecule has 1 atom stereocenters. The number of carboxylic acid groups (broad SMARTS) is 1. The first kappa shape index (κ1) is 19.9. The quantitative estimate of drug-likeness (QED) is 0.520. The van der Waals surface area contributed by atoms with Gasteiger partial charge in [0.2, 0.25) is 5.91 Å². The van der Waals surface area contributed by atoms with E-state index in [-0.39, 0.29) is 23.5 Å². The minimum atomic E-state index is -1.14. The van der Waals surface area contributed by atoms with Crippen LogP contribution in [0.25, 0.3) is 0 Å². The van der Waals surface area contributed by atoms with Gasteiger partial charge < -0.3 is 20.2 Å². The summed E-state index contributed by atoms with van der Waals surface area (Å²) in [4.78, 5) is 36.2. The molecule has 0 aliphatic carbocycles. The van der Waals surface area contributed by atoms with E-state index in [1.54, 1.807) is 19.1 Å². The van der Waals surface area contributed by atoms with Crippen molar-refractivity contribution < 1.29 is 23.9 Å². The number of nitrogens with zero attached hydrogens (tertiary/aromatic N) is 4. The number of amides is 2. The number of carbonyl (C=O) groups excluding carboxylic acids is 2. The summed E-state index contributed by atoms with van der Waals surface area (Å²) < 4.78 is 7.90. The molecular formula is C18H20N6O5. The predicted octanol–water partition coefficient (Wildman–Crippen LogP) is 1.52. The molecule has 0 saturated carbocycles. The van der Waals surface area contributed by atoms with Gasteiger partial charge in [0.1, 0.15) is 17.5 Å². The second kappa shape index (κ2) is 8.42. The summed E-state index contributed by atoms with van der Waals surface area (Å²) in [6.45, 7) is 4.00. The molecule has 3 rings (SSSR count). The van der Waals surface area contributed by atoms with E-state index in [0.717, 1.165) is 6.20 Å². The summed E-state index contributed by atoms with van der Waals surface area (Å²) in [5.41, 5.74) is 0.416. The molecule has 0 saturated heterocycles. The summed E-state index contributed by atoms with van der Waals surface area (Å²) in [7, 11) is 0. The van der Waals surface area contributed by atoms with E-state index in [9.17, 15) is 14.4 Å². The van der Waals surface area contributed by atoms with Crippen molar-refractivity contribution in [3.8, 4) is 0 Å². The fourth-order valence-corrected chi connectivity index (χ4v) is 2.64. The van der Waals surface area contributed by atoms with Crippen LogP contribution in [0, 0.1) is 0 Å². The molecule has 152 valence electrons. The van der Waals surface area contributed by atoms with Crippen LogP contribution in [0.5, 0.6) is 0 Å². The summed E-state index contributed by atoms with van der Waals surface area (Å²) in [5, 5.41) is 22.4. The third-order valence-corrected chi connectivity index (χ3v) is 4.24. The van der Waals surface area contributed by atoms with E-state index in [1.165, 1.54) is 28.0 Å². The number of carbonyl (C=O) groups is 3. The standard InChI is InChI=1S/C18H20N6O5/c1-3-23-15(17(26)19-8-13-5-4-6-29-13)14(9-21-23)22-16(25)11(2)24-10-12(7-20-24)18(27)28/h4-7,9-11H,3,8H2,1-2H3,(H,19,26)(H,22,25)(H,27,28). The topological polar surface area (TPSA) is 144 Å². The van der Waals surface area contributed by atoms with Crippen LogP contribution in [0.2, 0.25) is 0 Å². The monoisotopic (exact) mass is 400 g/mol. The average Bonchev–Trinajstić information content (AvgIpc) is 3.45. The van der Waals surface area contributed by atoms with Crippen LogP contribution in [0.1, 0.15) is 46.5 Å². The minimum Gasteiger partial charge on any atom is -0.478 e. The van der Waals surface area contributed by atoms with Crippen molar-refractivity contribution in [1.29, 1.82) is 0 Å². The van der Waals surface area contributed by atoms with E-state index in [4.69, 9.17) is 9.52 Å². The minimum absolute atomic E-state index is 0.0264. The first-order valence-electron chi connectivity index (χ1n) is 8.85. The second-order valence-corrected chi connectivity index (χ2v) is 6.16. The van der Waals surface area contributed by atoms with Crippen molar-refractivity contribution in [1.82, 2.24) is 24.9 Å². The number of furan rings is 1. The molecule has 3 heterocycles. The summed E-state index contributed by atoms with van der Waals surface area (Å²) in [6.07, 6.45) is 5.32. The van der Waals surface area contributed by atoms with Crippen molar-refractivity contribution in [2.75, 3.05) is 5.32 Å². The SMILES string of the molecule is CCn1ncc(NC(=O)C(C)n2cc(C(=O)O)cn2)c1C(=O)NCc1ccco1. The Morgan fingerprint density at radius 3 is 2.69 bits per heavy atom. The third-order valence-electron chi connectivity index (χ3n) is 4.24. The molecule has 3 aromatic rings. The Kier molecular flexibility index (Phi) is 5.77. The van der Waals surface area contributed by atoms with Gasteiger partial charge in [-0.15, -0.1) is 0 Å². The smallest absolute Gasteiger partial charge is 0.338 e. The number of rotatable bonds is 8. The van der Waals surface area contributed by atoms with E-state index in [1.807, 2.05) is 6.92 Å². The molecule has 3 N–H and O–H groups in total. The first-order chi connectivity index (χ1) is 13.9. The van der Waals surface area contributed by atoms with Crippen molar-refractivity contribution in [2.45, 2.75) is 33.0 Å². The largest absolute Gasteiger partial charge is 0.478 e. The van der Waals surface area contributed by atoms with Crippen LogP contribution >= 0.6 is 0 Å². The number of aromatic carboxylic acids is 1. The molecule has 2 amide bonds. The fourth-order valence-electron chi connectivity index (χ4n) is 2.64. The summed E-state index contributed by atoms with van der Waals surface area (Å²) in [6, 6.07) is 2.65. The number of carboxylic acids is 1. The number of aromatic nitrogens is 4. The van der Waals surface area contributed by atoms with Gasteiger partial charge in [-0.05, 0) is 26.0 Å². The predicted molar refractivity (Wildman–Crippen MR) is 100 cm³/mol. The highest BCUT2D eigenvalue weighted by Gasteiger charge is 2.23. The summed E-state index contributed by atoms with van der Waals surface area (Å²) in [5.74, 6) is -1.44. The van der Waals surface area contributed by atoms with Crippen molar-refractivity contribution in [3.63, 3.8) is 0 Å². The molecule has 0 bridgehead atoms. The van der Waals surface area contributed by atoms with Crippen LogP contribution in [-0.2, 0) is 17.9 Å². The molecular weight excluding hydrogens is 380 g/mol. The van der Waals surface area contributed by atoms with Gasteiger partial charge in [-0.2, -0.15) is 10.2 Å². The van der Waals surface area contributed by atoms with Gasteiger partial charge in [0, 0.05) is 12.7 Å². The second-order valence-electron chi connectivity index (χ2n) is 6.16. The number of hydrogen-bond donors (Lipinski definition) is 3. The van der Waals surface area contributed by atoms with Crippen molar-refractivity contribution in [3.05, 3.63) is 54.0 Å². The molecule has 29 heavy (non-hydrogen) atoms. The number of aryl methyl sites for hydroxylation is 1. The van der Waals surface area contributed by atoms with Crippen LogP contribution < -0.4 is 10.6 Å². The molecule has 1 unspecified atom stereocenters. The molecule has 0 radical (unpaired) electrons. The molecule has 11 nitrogen and oxygen atoms in total. The Hall–Kier alpha value is -3.89. The van der Waals surface area contributed by atoms with Gasteiger partial charge in [-0.1, -0.05) is 0 Å². The van der Waals surface area contributed by atoms with Gasteiger partial charge in [-0.3, -0.25) is 19.0 Å². The molecule has 0 spiro atoms. The maximum Gasteiger partial charge on any atom is 0.338 e. The normalized spacial score (nSPS) is 11.8. The lowest BCUT2D eigenvalue weighted by Crippen LogP contribution is -2.29. The average molecular weight is 400 g/mol. The van der Waals surface area contributed by atoms with Gasteiger partial charge in [0.25, 0.3) is 5.91 Å². The fraction of sp³-hybridized carbons (Fsp3) is 0.278. The first-order valence-corrected chi connectivity index (χ1v) is 8.85. The highest BCUT2D eigenvalue weighted by molar-refractivity contribution is 6.03. The maximum atomic E-state index is 12.7. The maximum absolute atomic E-state index is 12.7. The van der Waals surface area contributed by atoms with Gasteiger partial charge in [0.15, 0.2) is 0 Å². The van der Waals surface area contributed by atoms with E-state index >= 15 is 0 Å². The Balaban J connectivity index is 1.74. The number of anilines is 1. The molecule has 3 aromatic heterocycles.